The summed E-state index contributed by atoms with van der Waals surface area (Å²) in [6, 6.07) is -8.43. The fraction of sp³-hybridized carbons (Fsp3) is 0.800. The van der Waals surface area contributed by atoms with Crippen LogP contribution in [0.4, 0.5) is 0 Å². The number of carbonyl (C=O) groups excluding carboxylic acids is 8. The van der Waals surface area contributed by atoms with Gasteiger partial charge in [0.05, 0.1) is 12.6 Å². The molecular weight excluding hydrogens is 816 g/mol. The van der Waals surface area contributed by atoms with Crippen molar-refractivity contribution >= 4 is 47.3 Å². The monoisotopic (exact) mass is 884 g/mol. The van der Waals surface area contributed by atoms with Crippen LogP contribution in [0.5, 0.6) is 0 Å². The van der Waals surface area contributed by atoms with Crippen LogP contribution in [0.3, 0.4) is 0 Å². The summed E-state index contributed by atoms with van der Waals surface area (Å²) in [4.78, 5) is 108. The van der Waals surface area contributed by atoms with Gasteiger partial charge in [0.15, 0.2) is 11.6 Å². The normalized spacial score (nSPS) is 31.7. The second kappa shape index (κ2) is 22.2. The highest BCUT2D eigenvalue weighted by molar-refractivity contribution is 5.97. The third-order valence-corrected chi connectivity index (χ3v) is 12.1. The average molecular weight is 885 g/mol. The average Bonchev–Trinajstić information content (AvgIpc) is 3.23. The van der Waals surface area contributed by atoms with Gasteiger partial charge in [0.2, 0.25) is 23.5 Å². The highest BCUT2D eigenvalue weighted by atomic mass is 16.6. The smallest absolute Gasteiger partial charge is 0.331 e. The molecule has 3 saturated heterocycles. The predicted molar refractivity (Wildman–Crippen MR) is 216 cm³/mol. The number of hydroxylamine groups is 4. The Bertz CT molecular complexity index is 1650. The first-order valence-corrected chi connectivity index (χ1v) is 21.4. The van der Waals surface area contributed by atoms with Gasteiger partial charge in [0.25, 0.3) is 23.6 Å². The van der Waals surface area contributed by atoms with Crippen LogP contribution in [0.15, 0.2) is 0 Å². The number of fused-ring (bicyclic) bond motifs is 1. The molecule has 0 bridgehead atoms. The fourth-order valence-corrected chi connectivity index (χ4v) is 7.63. The molecule has 0 unspecified atom stereocenters. The second-order valence-corrected chi connectivity index (χ2v) is 17.3. The molecule has 22 heteroatoms. The lowest BCUT2D eigenvalue weighted by molar-refractivity contribution is -0.326. The van der Waals surface area contributed by atoms with Crippen molar-refractivity contribution in [2.24, 2.45) is 17.8 Å². The molecule has 0 aromatic rings. The molecule has 0 saturated carbocycles. The highest BCUT2D eigenvalue weighted by Crippen LogP contribution is 2.40. The Morgan fingerprint density at radius 3 is 2.23 bits per heavy atom. The Balaban J connectivity index is 2.11. The number of cyclic esters (lactones) is 1. The molecule has 11 atom stereocenters. The molecule has 3 aliphatic rings. The van der Waals surface area contributed by atoms with Crippen LogP contribution in [0.1, 0.15) is 114 Å². The minimum Gasteiger partial charge on any atom is -0.458 e. The number of aliphatic hydroxyl groups is 2. The molecule has 7 amide bonds. The number of hydrogen-bond acceptors (Lipinski definition) is 15. The van der Waals surface area contributed by atoms with Crippen molar-refractivity contribution in [2.45, 2.75) is 167 Å². The van der Waals surface area contributed by atoms with E-state index in [0.717, 1.165) is 38.6 Å². The van der Waals surface area contributed by atoms with E-state index >= 15 is 0 Å². The van der Waals surface area contributed by atoms with E-state index in [9.17, 15) is 59.0 Å². The van der Waals surface area contributed by atoms with Gasteiger partial charge < -0.3 is 41.0 Å². The van der Waals surface area contributed by atoms with Crippen molar-refractivity contribution in [1.29, 1.82) is 0 Å². The van der Waals surface area contributed by atoms with Crippen LogP contribution in [0.2, 0.25) is 0 Å². The van der Waals surface area contributed by atoms with Gasteiger partial charge >= 0.3 is 5.97 Å². The van der Waals surface area contributed by atoms with Gasteiger partial charge in [-0.15, -0.1) is 0 Å². The highest BCUT2D eigenvalue weighted by Gasteiger charge is 2.57. The number of hydrogen-bond donors (Lipinski definition) is 9. The minimum absolute atomic E-state index is 0.00337. The summed E-state index contributed by atoms with van der Waals surface area (Å²) in [5.74, 6) is -11.3. The van der Waals surface area contributed by atoms with E-state index in [1.807, 2.05) is 6.92 Å². The maximum absolute atomic E-state index is 14.5. The Hall–Kier alpha value is -4.48. The molecule has 3 fully saturated rings. The zero-order valence-corrected chi connectivity index (χ0v) is 37.3. The summed E-state index contributed by atoms with van der Waals surface area (Å²) in [6.07, 6.45) is -0.174. The van der Waals surface area contributed by atoms with E-state index in [0.29, 0.717) is 18.8 Å². The van der Waals surface area contributed by atoms with Gasteiger partial charge in [-0.05, 0) is 84.0 Å². The molecular formula is C40H68N8O14. The molecule has 62 heavy (non-hydrogen) atoms. The van der Waals surface area contributed by atoms with Crippen molar-refractivity contribution in [2.75, 3.05) is 19.6 Å². The number of nitrogens with zero attached hydrogens (tertiary/aromatic N) is 3. The van der Waals surface area contributed by atoms with Crippen molar-refractivity contribution < 1.29 is 68.5 Å². The van der Waals surface area contributed by atoms with Gasteiger partial charge in [-0.3, -0.25) is 49.0 Å². The number of ether oxygens (including phenoxy) is 2. The van der Waals surface area contributed by atoms with Gasteiger partial charge in [0, 0.05) is 26.4 Å². The Kier molecular flexibility index (Phi) is 18.6. The summed E-state index contributed by atoms with van der Waals surface area (Å²) in [6.45, 7) is 12.9. The minimum atomic E-state index is -2.74. The van der Waals surface area contributed by atoms with Crippen LogP contribution < -0.4 is 26.7 Å². The lowest BCUT2D eigenvalue weighted by Gasteiger charge is -2.47. The number of amides is 7. The van der Waals surface area contributed by atoms with Crippen molar-refractivity contribution in [1.82, 2.24) is 41.8 Å². The second-order valence-electron chi connectivity index (χ2n) is 17.3. The van der Waals surface area contributed by atoms with Gasteiger partial charge in [0.1, 0.15) is 30.3 Å². The third kappa shape index (κ3) is 12.6. The Labute approximate surface area is 362 Å². The predicted octanol–water partition coefficient (Wildman–Crippen LogP) is -1.03. The molecule has 3 aliphatic heterocycles. The Morgan fingerprint density at radius 1 is 0.984 bits per heavy atom. The van der Waals surface area contributed by atoms with E-state index in [4.69, 9.17) is 9.47 Å². The zero-order chi connectivity index (χ0) is 46.9. The summed E-state index contributed by atoms with van der Waals surface area (Å²) in [5, 5.41) is 56.3. The standard InChI is InChI=1S/C40H68N8O14/c1-10-22(4)19-27-15-16-40(58,62-25(27)7)39(9,57)38(56)45-31-32(21(2)3)61-37(55)24(6)48(60)36(54)29-14-12-18-43-46(29)30(50)20-42-33(51)23(5)47(59)35(53)28(44-34(31)52)13-11-17-41-26(8)49/h21-25,27-29,31-32,43,57-60H,10-20H2,1-9H3,(H,41,49)(H,42,51)(H,44,52)(H,45,56)/t22-,23-,24+,25+,27+,28+,29-,31-,32-,39+,40+/m0/s1. The molecule has 22 nitrogen and oxygen atoms in total. The molecule has 0 radical (unpaired) electrons. The van der Waals surface area contributed by atoms with Gasteiger partial charge in [-0.2, -0.15) is 0 Å². The first-order chi connectivity index (χ1) is 28.9. The van der Waals surface area contributed by atoms with E-state index in [1.165, 1.54) is 20.8 Å². The van der Waals surface area contributed by atoms with Crippen LogP contribution in [0.25, 0.3) is 0 Å². The van der Waals surface area contributed by atoms with E-state index in [2.05, 4.69) is 33.6 Å². The summed E-state index contributed by atoms with van der Waals surface area (Å²) < 4.78 is 11.7. The quantitative estimate of drug-likeness (QED) is 0.0681. The molecule has 0 aliphatic carbocycles. The molecule has 3 rings (SSSR count). The van der Waals surface area contributed by atoms with Gasteiger partial charge in [-0.25, -0.2) is 20.3 Å². The van der Waals surface area contributed by atoms with Crippen LogP contribution in [-0.4, -0.2) is 157 Å². The van der Waals surface area contributed by atoms with Crippen LogP contribution in [0, 0.1) is 17.8 Å². The lowest BCUT2D eigenvalue weighted by atomic mass is 9.79. The maximum atomic E-state index is 14.5. The number of esters is 1. The molecule has 0 aromatic carbocycles. The first-order valence-electron chi connectivity index (χ1n) is 21.4. The van der Waals surface area contributed by atoms with E-state index < -0.39 is 114 Å². The van der Waals surface area contributed by atoms with Crippen molar-refractivity contribution in [3.8, 4) is 0 Å². The third-order valence-electron chi connectivity index (χ3n) is 12.1. The fourth-order valence-electron chi connectivity index (χ4n) is 7.63. The SMILES string of the molecule is CC[C@H](C)C[C@H]1CC[C@](O)([C@](C)(O)C(=O)N[C@@H]2C(=O)N[C@H](CCCNC(C)=O)C(=O)N(O)[C@@H](C)C(=O)NCC(=O)N3NCCC[C@H]3C(=O)N(O)[C@H](C)C(=O)O[C@H]2C(C)C)O[C@@H]1C. The number of carbonyl (C=O) groups is 8. The molecule has 0 spiro atoms. The molecule has 3 heterocycles. The van der Waals surface area contributed by atoms with Crippen LogP contribution in [-0.2, 0) is 47.8 Å². The van der Waals surface area contributed by atoms with E-state index in [-0.39, 0.29) is 54.8 Å². The first kappa shape index (κ1) is 51.9. The molecule has 9 N–H and O–H groups in total. The maximum Gasteiger partial charge on any atom is 0.331 e. The van der Waals surface area contributed by atoms with Crippen molar-refractivity contribution in [3.63, 3.8) is 0 Å². The topological polar surface area (TPSA) is 306 Å². The number of hydrazine groups is 1. The number of rotatable bonds is 11. The largest absolute Gasteiger partial charge is 0.458 e. The van der Waals surface area contributed by atoms with Gasteiger partial charge in [-0.1, -0.05) is 34.1 Å². The van der Waals surface area contributed by atoms with E-state index in [1.54, 1.807) is 6.92 Å². The van der Waals surface area contributed by atoms with Crippen molar-refractivity contribution in [3.05, 3.63) is 0 Å². The summed E-state index contributed by atoms with van der Waals surface area (Å²) >= 11 is 0. The zero-order valence-electron chi connectivity index (χ0n) is 37.3. The Morgan fingerprint density at radius 2 is 1.63 bits per heavy atom. The number of nitrogens with one attached hydrogen (secondary N) is 5. The van der Waals surface area contributed by atoms with Crippen LogP contribution >= 0.6 is 0 Å². The summed E-state index contributed by atoms with van der Waals surface area (Å²) in [7, 11) is 0. The summed E-state index contributed by atoms with van der Waals surface area (Å²) in [5.41, 5.74) is 0.00354. The molecule has 352 valence electrons. The molecule has 0 aromatic heterocycles. The lowest BCUT2D eigenvalue weighted by Crippen LogP contribution is -2.68.